The molecule has 15 heavy (non-hydrogen) atoms. The molecule has 0 radical (unpaired) electrons. The van der Waals surface area contributed by atoms with Crippen LogP contribution < -0.4 is 0 Å². The van der Waals surface area contributed by atoms with E-state index >= 15 is 0 Å². The second kappa shape index (κ2) is 4.03. The average Bonchev–Trinajstić information content (AvgIpc) is 2.59. The van der Waals surface area contributed by atoms with Crippen LogP contribution >= 0.6 is 0 Å². The Morgan fingerprint density at radius 2 is 2.27 bits per heavy atom. The van der Waals surface area contributed by atoms with E-state index in [0.29, 0.717) is 0 Å². The molecule has 1 N–H and O–H groups in total. The van der Waals surface area contributed by atoms with Crippen LogP contribution in [0.2, 0.25) is 0 Å². The van der Waals surface area contributed by atoms with Crippen LogP contribution in [0.5, 0.6) is 0 Å². The van der Waals surface area contributed by atoms with E-state index in [1.165, 1.54) is 0 Å². The zero-order valence-corrected chi connectivity index (χ0v) is 9.20. The number of aromatic nitrogens is 2. The first-order valence-electron chi connectivity index (χ1n) is 5.34. The van der Waals surface area contributed by atoms with Crippen LogP contribution in [0.15, 0.2) is 18.3 Å². The number of pyridine rings is 1. The van der Waals surface area contributed by atoms with Crippen molar-refractivity contribution in [3.8, 4) is 0 Å². The van der Waals surface area contributed by atoms with Crippen LogP contribution in [0.1, 0.15) is 30.4 Å². The monoisotopic (exact) mass is 204 g/mol. The Hall–Kier alpha value is -1.35. The van der Waals surface area contributed by atoms with Crippen LogP contribution in [-0.4, -0.2) is 14.5 Å². The molecule has 2 rings (SSSR count). The van der Waals surface area contributed by atoms with Gasteiger partial charge in [-0.3, -0.25) is 0 Å². The topological polar surface area (TPSA) is 37.5 Å². The lowest BCUT2D eigenvalue weighted by Crippen LogP contribution is -1.94. The minimum Gasteiger partial charge on any atom is -0.390 e. The van der Waals surface area contributed by atoms with Crippen LogP contribution in [0.25, 0.3) is 5.52 Å². The van der Waals surface area contributed by atoms with E-state index in [4.69, 9.17) is 0 Å². The van der Waals surface area contributed by atoms with E-state index < -0.39 is 0 Å². The summed E-state index contributed by atoms with van der Waals surface area (Å²) in [6.07, 6.45) is 4.03. The molecule has 0 spiro atoms. The molecule has 0 aromatic carbocycles. The van der Waals surface area contributed by atoms with Crippen LogP contribution in [0, 0.1) is 6.92 Å². The highest BCUT2D eigenvalue weighted by atomic mass is 16.3. The Kier molecular flexibility index (Phi) is 2.73. The quantitative estimate of drug-likeness (QED) is 0.831. The standard InChI is InChI=1S/C12H16N2O/c1-3-5-11-13-10(8-15)12-9(2)6-4-7-14(11)12/h4,6-7,15H,3,5,8H2,1-2H3. The van der Waals surface area contributed by atoms with E-state index in [1.54, 1.807) is 0 Å². The molecule has 0 amide bonds. The normalized spacial score (nSPS) is 11.1. The van der Waals surface area contributed by atoms with Gasteiger partial charge in [0.05, 0.1) is 17.8 Å². The van der Waals surface area contributed by atoms with Crippen molar-refractivity contribution in [3.05, 3.63) is 35.4 Å². The Morgan fingerprint density at radius 1 is 1.47 bits per heavy atom. The third-order valence-electron chi connectivity index (χ3n) is 2.63. The minimum atomic E-state index is 0.0120. The molecule has 0 aliphatic heterocycles. The van der Waals surface area contributed by atoms with Crippen molar-refractivity contribution < 1.29 is 5.11 Å². The Labute approximate surface area is 89.4 Å². The van der Waals surface area contributed by atoms with E-state index in [2.05, 4.69) is 16.3 Å². The van der Waals surface area contributed by atoms with Crippen molar-refractivity contribution >= 4 is 5.52 Å². The van der Waals surface area contributed by atoms with Crippen LogP contribution in [-0.2, 0) is 13.0 Å². The smallest absolute Gasteiger partial charge is 0.113 e. The van der Waals surface area contributed by atoms with E-state index in [1.807, 2.05) is 25.3 Å². The molecule has 0 saturated heterocycles. The lowest BCUT2D eigenvalue weighted by atomic mass is 10.2. The Bertz CT molecular complexity index is 474. The summed E-state index contributed by atoms with van der Waals surface area (Å²) in [4.78, 5) is 4.47. The molecule has 0 atom stereocenters. The van der Waals surface area contributed by atoms with Gasteiger partial charge in [0.15, 0.2) is 0 Å². The fourth-order valence-corrected chi connectivity index (χ4v) is 1.97. The molecule has 0 saturated carbocycles. The van der Waals surface area contributed by atoms with E-state index in [0.717, 1.165) is 35.4 Å². The number of hydrogen-bond donors (Lipinski definition) is 1. The number of fused-ring (bicyclic) bond motifs is 1. The summed E-state index contributed by atoms with van der Waals surface area (Å²) in [7, 11) is 0. The Morgan fingerprint density at radius 3 is 2.93 bits per heavy atom. The SMILES string of the molecule is CCCc1nc(CO)c2c(C)cccn12. The third-order valence-corrected chi connectivity index (χ3v) is 2.63. The maximum Gasteiger partial charge on any atom is 0.113 e. The number of nitrogens with zero attached hydrogens (tertiary/aromatic N) is 2. The van der Waals surface area contributed by atoms with Crippen molar-refractivity contribution in [2.75, 3.05) is 0 Å². The number of aryl methyl sites for hydroxylation is 2. The number of imidazole rings is 1. The van der Waals surface area contributed by atoms with Crippen molar-refractivity contribution in [1.29, 1.82) is 0 Å². The second-order valence-electron chi connectivity index (χ2n) is 3.79. The largest absolute Gasteiger partial charge is 0.390 e. The first kappa shape index (κ1) is 10.2. The highest BCUT2D eigenvalue weighted by molar-refractivity contribution is 5.59. The van der Waals surface area contributed by atoms with Gasteiger partial charge in [-0.1, -0.05) is 13.0 Å². The van der Waals surface area contributed by atoms with Crippen LogP contribution in [0.3, 0.4) is 0 Å². The maximum atomic E-state index is 9.27. The molecular formula is C12H16N2O. The van der Waals surface area contributed by atoms with Crippen molar-refractivity contribution in [1.82, 2.24) is 9.38 Å². The predicted molar refractivity (Wildman–Crippen MR) is 59.8 cm³/mol. The zero-order valence-electron chi connectivity index (χ0n) is 9.20. The molecule has 0 aliphatic carbocycles. The van der Waals surface area contributed by atoms with Crippen molar-refractivity contribution in [3.63, 3.8) is 0 Å². The average molecular weight is 204 g/mol. The first-order valence-corrected chi connectivity index (χ1v) is 5.34. The summed E-state index contributed by atoms with van der Waals surface area (Å²) in [5, 5.41) is 9.27. The van der Waals surface area contributed by atoms with Gasteiger partial charge in [-0.05, 0) is 25.0 Å². The zero-order chi connectivity index (χ0) is 10.8. The number of aliphatic hydroxyl groups excluding tert-OH is 1. The molecule has 2 aromatic heterocycles. The fourth-order valence-electron chi connectivity index (χ4n) is 1.97. The fraction of sp³-hybridized carbons (Fsp3) is 0.417. The van der Waals surface area contributed by atoms with E-state index in [9.17, 15) is 5.11 Å². The summed E-state index contributed by atoms with van der Waals surface area (Å²) >= 11 is 0. The highest BCUT2D eigenvalue weighted by Gasteiger charge is 2.10. The highest BCUT2D eigenvalue weighted by Crippen LogP contribution is 2.18. The maximum absolute atomic E-state index is 9.27. The van der Waals surface area contributed by atoms with Gasteiger partial charge in [0, 0.05) is 12.6 Å². The molecule has 0 aliphatic rings. The van der Waals surface area contributed by atoms with Gasteiger partial charge in [-0.2, -0.15) is 0 Å². The summed E-state index contributed by atoms with van der Waals surface area (Å²) in [5.41, 5.74) is 3.01. The molecule has 0 unspecified atom stereocenters. The van der Waals surface area contributed by atoms with E-state index in [-0.39, 0.29) is 6.61 Å². The first-order chi connectivity index (χ1) is 7.27. The molecule has 3 nitrogen and oxygen atoms in total. The van der Waals surface area contributed by atoms with Gasteiger partial charge >= 0.3 is 0 Å². The Balaban J connectivity index is 2.69. The van der Waals surface area contributed by atoms with Gasteiger partial charge in [-0.25, -0.2) is 4.98 Å². The number of rotatable bonds is 3. The van der Waals surface area contributed by atoms with Crippen molar-refractivity contribution in [2.45, 2.75) is 33.3 Å². The predicted octanol–water partition coefficient (Wildman–Crippen LogP) is 2.09. The molecular weight excluding hydrogens is 188 g/mol. The molecule has 2 heterocycles. The summed E-state index contributed by atoms with van der Waals surface area (Å²) in [6.45, 7) is 4.19. The molecule has 80 valence electrons. The third kappa shape index (κ3) is 1.63. The molecule has 0 fully saturated rings. The van der Waals surface area contributed by atoms with Crippen molar-refractivity contribution in [2.24, 2.45) is 0 Å². The summed E-state index contributed by atoms with van der Waals surface area (Å²) in [6, 6.07) is 4.07. The van der Waals surface area contributed by atoms with Gasteiger partial charge in [0.2, 0.25) is 0 Å². The lowest BCUT2D eigenvalue weighted by molar-refractivity contribution is 0.278. The van der Waals surface area contributed by atoms with Gasteiger partial charge in [0.1, 0.15) is 5.82 Å². The lowest BCUT2D eigenvalue weighted by Gasteiger charge is -2.01. The summed E-state index contributed by atoms with van der Waals surface area (Å²) in [5.74, 6) is 1.04. The van der Waals surface area contributed by atoms with Gasteiger partial charge < -0.3 is 9.51 Å². The van der Waals surface area contributed by atoms with Crippen LogP contribution in [0.4, 0.5) is 0 Å². The number of hydrogen-bond acceptors (Lipinski definition) is 2. The number of aliphatic hydroxyl groups is 1. The second-order valence-corrected chi connectivity index (χ2v) is 3.79. The molecule has 2 aromatic rings. The van der Waals surface area contributed by atoms with Gasteiger partial charge in [0.25, 0.3) is 0 Å². The minimum absolute atomic E-state index is 0.0120. The summed E-state index contributed by atoms with van der Waals surface area (Å²) < 4.78 is 2.09. The molecule has 0 bridgehead atoms. The molecule has 3 heteroatoms. The van der Waals surface area contributed by atoms with Gasteiger partial charge in [-0.15, -0.1) is 0 Å².